The second-order valence-electron chi connectivity index (χ2n) is 8.25. The molecule has 146 valence electrons. The predicted molar refractivity (Wildman–Crippen MR) is 114 cm³/mol. The van der Waals surface area contributed by atoms with Gasteiger partial charge in [0.1, 0.15) is 5.52 Å². The highest BCUT2D eigenvalue weighted by Crippen LogP contribution is 2.51. The normalized spacial score (nSPS) is 18.9. The van der Waals surface area contributed by atoms with E-state index < -0.39 is 10.8 Å². The first-order valence-corrected chi connectivity index (χ1v) is 11.3. The Kier molecular flexibility index (Phi) is 4.02. The predicted octanol–water partition coefficient (Wildman–Crippen LogP) is 3.65. The van der Waals surface area contributed by atoms with Gasteiger partial charge in [0.2, 0.25) is 0 Å². The van der Waals surface area contributed by atoms with Crippen LogP contribution in [0.5, 0.6) is 0 Å². The molecule has 1 aliphatic heterocycles. The third-order valence-corrected chi connectivity index (χ3v) is 7.79. The molecular weight excluding hydrogens is 370 g/mol. The quantitative estimate of drug-likeness (QED) is 0.734. The first kappa shape index (κ1) is 17.7. The van der Waals surface area contributed by atoms with E-state index in [-0.39, 0.29) is 5.56 Å². The summed E-state index contributed by atoms with van der Waals surface area (Å²) in [7, 11) is 0.770. The maximum absolute atomic E-state index is 12.5. The molecule has 0 amide bonds. The monoisotopic (exact) mass is 395 g/mol. The minimum absolute atomic E-state index is 0.0315. The zero-order valence-electron chi connectivity index (χ0n) is 16.3. The summed E-state index contributed by atoms with van der Waals surface area (Å²) < 4.78 is 14.1. The van der Waals surface area contributed by atoms with Crippen LogP contribution >= 0.6 is 0 Å². The van der Waals surface area contributed by atoms with Gasteiger partial charge in [0.25, 0.3) is 5.56 Å². The third kappa shape index (κ3) is 2.58. The van der Waals surface area contributed by atoms with Crippen molar-refractivity contribution in [1.82, 2.24) is 9.55 Å². The minimum Gasteiger partial charge on any atom is -0.370 e. The number of rotatable bonds is 4. The molecule has 2 fully saturated rings. The Hall–Kier alpha value is -2.34. The summed E-state index contributed by atoms with van der Waals surface area (Å²) >= 11 is 0. The zero-order valence-corrected chi connectivity index (χ0v) is 17.1. The van der Waals surface area contributed by atoms with Gasteiger partial charge in [-0.2, -0.15) is 0 Å². The fourth-order valence-electron chi connectivity index (χ4n) is 4.73. The molecular formula is C22H25N3O2S. The van der Waals surface area contributed by atoms with Crippen molar-refractivity contribution in [2.24, 2.45) is 12.5 Å². The Morgan fingerprint density at radius 2 is 1.96 bits per heavy atom. The first-order valence-electron chi connectivity index (χ1n) is 9.96. The lowest BCUT2D eigenvalue weighted by Crippen LogP contribution is -2.60. The number of hydrogen-bond donors (Lipinski definition) is 1. The van der Waals surface area contributed by atoms with Crippen molar-refractivity contribution in [2.75, 3.05) is 23.7 Å². The SMILES string of the molecule is CCS(=O)c1ccc(N2CC3(CCC3)C2)c(-c2cn(C)c(=O)c3[nH]ccc23)c1. The van der Waals surface area contributed by atoms with Crippen LogP contribution in [0.15, 0.2) is 46.3 Å². The average molecular weight is 396 g/mol. The van der Waals surface area contributed by atoms with Crippen molar-refractivity contribution in [3.63, 3.8) is 0 Å². The molecule has 3 heterocycles. The van der Waals surface area contributed by atoms with Crippen LogP contribution in [0.1, 0.15) is 26.2 Å². The number of benzene rings is 1. The van der Waals surface area contributed by atoms with Gasteiger partial charge < -0.3 is 14.5 Å². The van der Waals surface area contributed by atoms with E-state index in [0.717, 1.165) is 34.5 Å². The van der Waals surface area contributed by atoms with E-state index in [4.69, 9.17) is 0 Å². The largest absolute Gasteiger partial charge is 0.370 e. The van der Waals surface area contributed by atoms with Crippen LogP contribution in [0.4, 0.5) is 5.69 Å². The lowest BCUT2D eigenvalue weighted by molar-refractivity contribution is 0.0905. The van der Waals surface area contributed by atoms with E-state index in [1.165, 1.54) is 24.9 Å². The van der Waals surface area contributed by atoms with Gasteiger partial charge in [0.15, 0.2) is 0 Å². The molecule has 0 bridgehead atoms. The van der Waals surface area contributed by atoms with Crippen LogP contribution in [0, 0.1) is 5.41 Å². The maximum Gasteiger partial charge on any atom is 0.274 e. The summed E-state index contributed by atoms with van der Waals surface area (Å²) in [5.41, 5.74) is 4.36. The van der Waals surface area contributed by atoms with E-state index in [1.54, 1.807) is 11.6 Å². The number of hydrogen-bond acceptors (Lipinski definition) is 3. The van der Waals surface area contributed by atoms with Crippen LogP contribution in [-0.2, 0) is 17.8 Å². The smallest absolute Gasteiger partial charge is 0.274 e. The lowest BCUT2D eigenvalue weighted by atomic mass is 9.63. The van der Waals surface area contributed by atoms with Crippen molar-refractivity contribution < 1.29 is 4.21 Å². The number of nitrogens with zero attached hydrogens (tertiary/aromatic N) is 2. The van der Waals surface area contributed by atoms with Crippen molar-refractivity contribution in [3.8, 4) is 11.1 Å². The molecule has 2 aliphatic rings. The highest BCUT2D eigenvalue weighted by atomic mass is 32.2. The Bertz CT molecular complexity index is 1150. The fraction of sp³-hybridized carbons (Fsp3) is 0.409. The van der Waals surface area contributed by atoms with Gasteiger partial charge in [0.05, 0.1) is 10.8 Å². The summed E-state index contributed by atoms with van der Waals surface area (Å²) in [4.78, 5) is 18.9. The zero-order chi connectivity index (χ0) is 19.5. The van der Waals surface area contributed by atoms with Crippen LogP contribution in [0.2, 0.25) is 0 Å². The number of fused-ring (bicyclic) bond motifs is 1. The summed E-state index contributed by atoms with van der Waals surface area (Å²) in [5.74, 6) is 0.596. The highest BCUT2D eigenvalue weighted by molar-refractivity contribution is 7.85. The van der Waals surface area contributed by atoms with E-state index in [9.17, 15) is 9.00 Å². The van der Waals surface area contributed by atoms with Crippen LogP contribution in [-0.4, -0.2) is 32.6 Å². The van der Waals surface area contributed by atoms with Gasteiger partial charge in [-0.05, 0) is 37.1 Å². The van der Waals surface area contributed by atoms with Crippen molar-refractivity contribution >= 4 is 27.4 Å². The van der Waals surface area contributed by atoms with Gasteiger partial charge in [-0.1, -0.05) is 13.3 Å². The maximum atomic E-state index is 12.5. The highest BCUT2D eigenvalue weighted by Gasteiger charge is 2.47. The number of nitrogens with one attached hydrogen (secondary N) is 1. The van der Waals surface area contributed by atoms with Gasteiger partial charge >= 0.3 is 0 Å². The van der Waals surface area contributed by atoms with Gasteiger partial charge in [-0.15, -0.1) is 0 Å². The van der Waals surface area contributed by atoms with E-state index in [1.807, 2.05) is 31.5 Å². The van der Waals surface area contributed by atoms with Crippen LogP contribution < -0.4 is 10.5 Å². The van der Waals surface area contributed by atoms with E-state index >= 15 is 0 Å². The van der Waals surface area contributed by atoms with Crippen LogP contribution in [0.25, 0.3) is 22.0 Å². The Labute approximate surface area is 166 Å². The molecule has 1 atom stereocenters. The standard InChI is InChI=1S/C22H25N3O2S/c1-3-28(27)15-5-6-19(25-13-22(14-25)8-4-9-22)17(11-15)18-12-24(2)21(26)20-16(18)7-10-23-20/h5-7,10-12,23H,3-4,8-9,13-14H2,1-2H3. The minimum atomic E-state index is -1.01. The fourth-order valence-corrected chi connectivity index (χ4v) is 5.53. The second-order valence-corrected chi connectivity index (χ2v) is 9.99. The van der Waals surface area contributed by atoms with Crippen LogP contribution in [0.3, 0.4) is 0 Å². The molecule has 1 aliphatic carbocycles. The summed E-state index contributed by atoms with van der Waals surface area (Å²) in [6, 6.07) is 8.14. The topological polar surface area (TPSA) is 58.1 Å². The lowest BCUT2D eigenvalue weighted by Gasteiger charge is -2.57. The molecule has 2 aromatic heterocycles. The van der Waals surface area contributed by atoms with E-state index in [2.05, 4.69) is 22.0 Å². The van der Waals surface area contributed by atoms with Gasteiger partial charge in [0, 0.05) is 70.8 Å². The molecule has 6 heteroatoms. The molecule has 1 aromatic carbocycles. The Morgan fingerprint density at radius 3 is 2.64 bits per heavy atom. The van der Waals surface area contributed by atoms with Gasteiger partial charge in [-0.25, -0.2) is 0 Å². The molecule has 28 heavy (non-hydrogen) atoms. The molecule has 3 aromatic rings. The van der Waals surface area contributed by atoms with Crippen molar-refractivity contribution in [1.29, 1.82) is 0 Å². The van der Waals surface area contributed by atoms with Crippen molar-refractivity contribution in [3.05, 3.63) is 47.0 Å². The molecule has 5 nitrogen and oxygen atoms in total. The summed E-state index contributed by atoms with van der Waals surface area (Å²) in [6.45, 7) is 4.13. The molecule has 1 N–H and O–H groups in total. The third-order valence-electron chi connectivity index (χ3n) is 6.48. The molecule has 1 saturated carbocycles. The number of anilines is 1. The Balaban J connectivity index is 1.68. The van der Waals surface area contributed by atoms with Gasteiger partial charge in [-0.3, -0.25) is 9.00 Å². The number of aromatic amines is 1. The Morgan fingerprint density at radius 1 is 1.18 bits per heavy atom. The summed E-state index contributed by atoms with van der Waals surface area (Å²) in [6.07, 6.45) is 7.74. The summed E-state index contributed by atoms with van der Waals surface area (Å²) in [5, 5.41) is 0.919. The number of aryl methyl sites for hydroxylation is 1. The number of pyridine rings is 1. The molecule has 5 rings (SSSR count). The second kappa shape index (κ2) is 6.34. The molecule has 1 saturated heterocycles. The average Bonchev–Trinajstić information content (AvgIpc) is 3.12. The molecule has 1 unspecified atom stereocenters. The number of H-pyrrole nitrogens is 1. The van der Waals surface area contributed by atoms with E-state index in [0.29, 0.717) is 16.7 Å². The van der Waals surface area contributed by atoms with Crippen molar-refractivity contribution in [2.45, 2.75) is 31.1 Å². The number of aromatic nitrogens is 2. The molecule has 0 radical (unpaired) electrons. The first-order chi connectivity index (χ1) is 13.5. The molecule has 1 spiro atoms.